The van der Waals surface area contributed by atoms with E-state index in [1.54, 1.807) is 0 Å². The van der Waals surface area contributed by atoms with Crippen molar-refractivity contribution in [3.8, 4) is 0 Å². The summed E-state index contributed by atoms with van der Waals surface area (Å²) < 4.78 is 26.5. The molecule has 0 spiro atoms. The van der Waals surface area contributed by atoms with E-state index < -0.39 is 47.8 Å². The number of halogens is 3. The molecule has 0 radical (unpaired) electrons. The number of hydrogen-bond donors (Lipinski definition) is 4. The molecule has 1 aromatic carbocycles. The van der Waals surface area contributed by atoms with Crippen molar-refractivity contribution in [1.82, 2.24) is 5.32 Å². The van der Waals surface area contributed by atoms with Crippen LogP contribution in [0.4, 0.5) is 19.3 Å². The van der Waals surface area contributed by atoms with Crippen molar-refractivity contribution < 1.29 is 33.4 Å². The number of carboxylic acids is 2. The Morgan fingerprint density at radius 1 is 1.19 bits per heavy atom. The zero-order valence-electron chi connectivity index (χ0n) is 10.2. The van der Waals surface area contributed by atoms with Crippen LogP contribution in [0.3, 0.4) is 0 Å². The second-order valence-corrected chi connectivity index (χ2v) is 4.69. The van der Waals surface area contributed by atoms with Crippen molar-refractivity contribution in [2.45, 2.75) is 12.5 Å². The molecule has 1 rings (SSSR count). The molecule has 0 fully saturated rings. The molecule has 10 heteroatoms. The molecule has 0 aliphatic carbocycles. The fourth-order valence-corrected chi connectivity index (χ4v) is 1.63. The Morgan fingerprint density at radius 2 is 1.81 bits per heavy atom. The number of amides is 2. The molecule has 21 heavy (non-hydrogen) atoms. The number of hydrogen-bond acceptors (Lipinski definition) is 3. The van der Waals surface area contributed by atoms with E-state index in [1.807, 2.05) is 10.6 Å². The van der Waals surface area contributed by atoms with Gasteiger partial charge in [0.2, 0.25) is 0 Å². The van der Waals surface area contributed by atoms with Crippen LogP contribution in [-0.4, -0.2) is 34.2 Å². The van der Waals surface area contributed by atoms with Crippen LogP contribution in [0.15, 0.2) is 16.6 Å². The minimum Gasteiger partial charge on any atom is -0.481 e. The third-order valence-electron chi connectivity index (χ3n) is 2.24. The van der Waals surface area contributed by atoms with Gasteiger partial charge in [-0.3, -0.25) is 4.79 Å². The van der Waals surface area contributed by atoms with Crippen LogP contribution in [0.1, 0.15) is 6.42 Å². The maximum absolute atomic E-state index is 13.4. The van der Waals surface area contributed by atoms with E-state index in [4.69, 9.17) is 10.2 Å². The van der Waals surface area contributed by atoms with E-state index >= 15 is 0 Å². The Balaban J connectivity index is 2.79. The molecular weight excluding hydrogens is 358 g/mol. The first-order valence-corrected chi connectivity index (χ1v) is 6.16. The van der Waals surface area contributed by atoms with Gasteiger partial charge in [0, 0.05) is 6.07 Å². The number of benzene rings is 1. The fraction of sp³-hybridized carbons (Fsp3) is 0.182. The Kier molecular flexibility index (Phi) is 5.59. The molecule has 1 unspecified atom stereocenters. The number of carbonyl (C=O) groups is 3. The monoisotopic (exact) mass is 366 g/mol. The Morgan fingerprint density at radius 3 is 2.33 bits per heavy atom. The molecule has 7 nitrogen and oxygen atoms in total. The normalized spacial score (nSPS) is 11.6. The molecule has 114 valence electrons. The lowest BCUT2D eigenvalue weighted by molar-refractivity contribution is -0.145. The number of rotatable bonds is 5. The van der Waals surface area contributed by atoms with E-state index in [0.717, 1.165) is 6.07 Å². The van der Waals surface area contributed by atoms with Crippen molar-refractivity contribution in [2.24, 2.45) is 0 Å². The first kappa shape index (κ1) is 16.8. The summed E-state index contributed by atoms with van der Waals surface area (Å²) >= 11 is 2.75. The second kappa shape index (κ2) is 6.97. The van der Waals surface area contributed by atoms with E-state index in [2.05, 4.69) is 15.9 Å². The number of carbonyl (C=O) groups excluding carboxylic acids is 1. The van der Waals surface area contributed by atoms with Gasteiger partial charge in [-0.05, 0) is 22.0 Å². The number of aliphatic carboxylic acids is 2. The quantitative estimate of drug-likeness (QED) is 0.592. The van der Waals surface area contributed by atoms with Crippen LogP contribution < -0.4 is 10.6 Å². The van der Waals surface area contributed by atoms with E-state index in [-0.39, 0.29) is 4.47 Å². The Hall–Kier alpha value is -2.23. The minimum atomic E-state index is -1.70. The summed E-state index contributed by atoms with van der Waals surface area (Å²) in [7, 11) is 0. The first-order valence-electron chi connectivity index (χ1n) is 5.37. The third-order valence-corrected chi connectivity index (χ3v) is 2.85. The summed E-state index contributed by atoms with van der Waals surface area (Å²) in [5, 5.41) is 20.9. The van der Waals surface area contributed by atoms with Gasteiger partial charge in [0.25, 0.3) is 0 Å². The molecule has 2 amide bonds. The smallest absolute Gasteiger partial charge is 0.326 e. The molecule has 1 aromatic rings. The Labute approximate surface area is 125 Å². The van der Waals surface area contributed by atoms with Gasteiger partial charge in [-0.15, -0.1) is 0 Å². The second-order valence-electron chi connectivity index (χ2n) is 3.83. The summed E-state index contributed by atoms with van der Waals surface area (Å²) in [4.78, 5) is 32.7. The van der Waals surface area contributed by atoms with Crippen molar-refractivity contribution >= 4 is 39.6 Å². The van der Waals surface area contributed by atoms with Gasteiger partial charge in [-0.1, -0.05) is 0 Å². The standard InChI is InChI=1S/C11H9BrF2N2O5/c12-4-1-6(14)7(2-5(4)13)15-11(21)16-8(10(19)20)3-9(17)18/h1-2,8H,3H2,(H,17,18)(H,19,20)(H2,15,16,21). The van der Waals surface area contributed by atoms with Crippen molar-refractivity contribution in [1.29, 1.82) is 0 Å². The maximum atomic E-state index is 13.4. The number of anilines is 1. The van der Waals surface area contributed by atoms with E-state index in [1.165, 1.54) is 0 Å². The van der Waals surface area contributed by atoms with E-state index in [9.17, 15) is 23.2 Å². The van der Waals surface area contributed by atoms with Gasteiger partial charge in [0.15, 0.2) is 0 Å². The van der Waals surface area contributed by atoms with Gasteiger partial charge >= 0.3 is 18.0 Å². The fourth-order valence-electron chi connectivity index (χ4n) is 1.31. The lowest BCUT2D eigenvalue weighted by Gasteiger charge is -2.13. The number of carboxylic acid groups (broad SMARTS) is 2. The van der Waals surface area contributed by atoms with Crippen LogP contribution in [0, 0.1) is 11.6 Å². The van der Waals surface area contributed by atoms with Crippen LogP contribution in [-0.2, 0) is 9.59 Å². The minimum absolute atomic E-state index is 0.153. The van der Waals surface area contributed by atoms with Crippen LogP contribution in [0.25, 0.3) is 0 Å². The molecule has 0 aliphatic rings. The predicted molar refractivity (Wildman–Crippen MR) is 69.9 cm³/mol. The first-order chi connectivity index (χ1) is 9.70. The molecule has 0 saturated carbocycles. The zero-order valence-corrected chi connectivity index (χ0v) is 11.8. The third kappa shape index (κ3) is 4.99. The molecule has 4 N–H and O–H groups in total. The van der Waals surface area contributed by atoms with Gasteiger partial charge < -0.3 is 20.8 Å². The van der Waals surface area contributed by atoms with Gasteiger partial charge in [-0.2, -0.15) is 0 Å². The average molecular weight is 367 g/mol. The van der Waals surface area contributed by atoms with Gasteiger partial charge in [0.05, 0.1) is 16.6 Å². The molecule has 0 aromatic heterocycles. The van der Waals surface area contributed by atoms with Crippen LogP contribution in [0.2, 0.25) is 0 Å². The number of urea groups is 1. The molecule has 0 bridgehead atoms. The summed E-state index contributed by atoms with van der Waals surface area (Å²) in [5.74, 6) is -4.81. The summed E-state index contributed by atoms with van der Waals surface area (Å²) in [6.07, 6.45) is -0.861. The predicted octanol–water partition coefficient (Wildman–Crippen LogP) is 1.78. The van der Waals surface area contributed by atoms with Gasteiger partial charge in [-0.25, -0.2) is 18.4 Å². The molecule has 0 saturated heterocycles. The summed E-state index contributed by atoms with van der Waals surface area (Å²) in [6.45, 7) is 0. The highest BCUT2D eigenvalue weighted by Gasteiger charge is 2.23. The molecule has 0 heterocycles. The molecule has 1 atom stereocenters. The topological polar surface area (TPSA) is 116 Å². The highest BCUT2D eigenvalue weighted by Crippen LogP contribution is 2.23. The SMILES string of the molecule is O=C(O)CC(NC(=O)Nc1cc(F)c(Br)cc1F)C(=O)O. The summed E-state index contributed by atoms with van der Waals surface area (Å²) in [6, 6.07) is -1.42. The highest BCUT2D eigenvalue weighted by molar-refractivity contribution is 9.10. The lowest BCUT2D eigenvalue weighted by atomic mass is 10.2. The largest absolute Gasteiger partial charge is 0.481 e. The zero-order chi connectivity index (χ0) is 16.2. The van der Waals surface area contributed by atoms with E-state index in [0.29, 0.717) is 6.07 Å². The van der Waals surface area contributed by atoms with Crippen LogP contribution in [0.5, 0.6) is 0 Å². The number of nitrogens with one attached hydrogen (secondary N) is 2. The van der Waals surface area contributed by atoms with Crippen molar-refractivity contribution in [3.63, 3.8) is 0 Å². The maximum Gasteiger partial charge on any atom is 0.326 e. The van der Waals surface area contributed by atoms with Crippen molar-refractivity contribution in [3.05, 3.63) is 28.2 Å². The Bertz CT molecular complexity index is 596. The average Bonchev–Trinajstić information content (AvgIpc) is 2.34. The molecular formula is C11H9BrF2N2O5. The van der Waals surface area contributed by atoms with Crippen molar-refractivity contribution in [2.75, 3.05) is 5.32 Å². The summed E-state index contributed by atoms with van der Waals surface area (Å²) in [5.41, 5.74) is -0.521. The molecule has 0 aliphatic heterocycles. The van der Waals surface area contributed by atoms with Crippen LogP contribution >= 0.6 is 15.9 Å². The lowest BCUT2D eigenvalue weighted by Crippen LogP contribution is -2.44. The highest BCUT2D eigenvalue weighted by atomic mass is 79.9. The van der Waals surface area contributed by atoms with Gasteiger partial charge in [0.1, 0.15) is 17.7 Å².